The Hall–Kier alpha value is -0.380. The zero-order chi connectivity index (χ0) is 12.0. The summed E-state index contributed by atoms with van der Waals surface area (Å²) in [6.45, 7) is 6.82. The highest BCUT2D eigenvalue weighted by Gasteiger charge is 2.22. The van der Waals surface area contributed by atoms with Crippen LogP contribution in [-0.2, 0) is 6.42 Å². The first-order valence-electron chi connectivity index (χ1n) is 5.99. The number of hydrogen-bond acceptors (Lipinski definition) is 3. The lowest BCUT2D eigenvalue weighted by Gasteiger charge is -2.32. The third-order valence-corrected chi connectivity index (χ3v) is 3.89. The summed E-state index contributed by atoms with van der Waals surface area (Å²) in [5.41, 5.74) is 1.46. The monoisotopic (exact) mass is 241 g/mol. The first kappa shape index (κ1) is 13.7. The average molecular weight is 241 g/mol. The second-order valence-electron chi connectivity index (χ2n) is 4.77. The fourth-order valence-corrected chi connectivity index (χ4v) is 2.69. The molecule has 0 radical (unpaired) electrons. The highest BCUT2D eigenvalue weighted by molar-refractivity contribution is 7.07. The summed E-state index contributed by atoms with van der Waals surface area (Å²) in [6.07, 6.45) is 2.92. The van der Waals surface area contributed by atoms with Crippen LogP contribution in [0, 0.1) is 0 Å². The molecule has 0 saturated heterocycles. The van der Waals surface area contributed by atoms with Crippen LogP contribution in [0.5, 0.6) is 0 Å². The van der Waals surface area contributed by atoms with E-state index in [2.05, 4.69) is 42.9 Å². The van der Waals surface area contributed by atoms with Gasteiger partial charge in [0.15, 0.2) is 0 Å². The van der Waals surface area contributed by atoms with Crippen molar-refractivity contribution in [1.29, 1.82) is 0 Å². The molecule has 3 heteroatoms. The maximum absolute atomic E-state index is 9.06. The van der Waals surface area contributed by atoms with Gasteiger partial charge in [0.1, 0.15) is 0 Å². The summed E-state index contributed by atoms with van der Waals surface area (Å²) >= 11 is 1.75. The number of thiophene rings is 1. The van der Waals surface area contributed by atoms with Crippen molar-refractivity contribution in [3.63, 3.8) is 0 Å². The molecule has 0 spiro atoms. The molecule has 2 unspecified atom stereocenters. The molecule has 1 aromatic rings. The van der Waals surface area contributed by atoms with Gasteiger partial charge in [0.2, 0.25) is 0 Å². The SMILES string of the molecule is CCC(C)(CCO)NC(C)Cc1ccsc1. The molecule has 1 rings (SSSR count). The molecule has 0 bridgehead atoms. The van der Waals surface area contributed by atoms with Gasteiger partial charge in [-0.15, -0.1) is 0 Å². The molecule has 0 aromatic carbocycles. The van der Waals surface area contributed by atoms with Crippen molar-refractivity contribution in [3.8, 4) is 0 Å². The number of aliphatic hydroxyl groups is 1. The summed E-state index contributed by atoms with van der Waals surface area (Å²) in [5.74, 6) is 0. The van der Waals surface area contributed by atoms with E-state index in [1.165, 1.54) is 5.56 Å². The van der Waals surface area contributed by atoms with Crippen LogP contribution in [0.4, 0.5) is 0 Å². The van der Waals surface area contributed by atoms with Crippen LogP contribution in [0.15, 0.2) is 16.8 Å². The second kappa shape index (κ2) is 6.38. The van der Waals surface area contributed by atoms with Gasteiger partial charge in [-0.05, 0) is 55.5 Å². The maximum Gasteiger partial charge on any atom is 0.0448 e. The molecule has 2 N–H and O–H groups in total. The number of aliphatic hydroxyl groups excluding tert-OH is 1. The van der Waals surface area contributed by atoms with Gasteiger partial charge >= 0.3 is 0 Å². The van der Waals surface area contributed by atoms with E-state index in [0.717, 1.165) is 19.3 Å². The lowest BCUT2D eigenvalue weighted by molar-refractivity contribution is 0.204. The molecule has 0 fully saturated rings. The van der Waals surface area contributed by atoms with Crippen LogP contribution in [-0.4, -0.2) is 23.3 Å². The van der Waals surface area contributed by atoms with E-state index in [-0.39, 0.29) is 12.1 Å². The quantitative estimate of drug-likeness (QED) is 0.769. The molecule has 0 aliphatic rings. The summed E-state index contributed by atoms with van der Waals surface area (Å²) in [4.78, 5) is 0. The van der Waals surface area contributed by atoms with Gasteiger partial charge in [-0.2, -0.15) is 11.3 Å². The Morgan fingerprint density at radius 1 is 1.56 bits per heavy atom. The van der Waals surface area contributed by atoms with Crippen LogP contribution >= 0.6 is 11.3 Å². The number of rotatable bonds is 7. The van der Waals surface area contributed by atoms with E-state index in [1.54, 1.807) is 11.3 Å². The Bertz CT molecular complexity index is 286. The normalized spacial score (nSPS) is 17.0. The van der Waals surface area contributed by atoms with Gasteiger partial charge in [-0.25, -0.2) is 0 Å². The highest BCUT2D eigenvalue weighted by Crippen LogP contribution is 2.16. The zero-order valence-corrected chi connectivity index (χ0v) is 11.3. The Morgan fingerprint density at radius 2 is 2.31 bits per heavy atom. The summed E-state index contributed by atoms with van der Waals surface area (Å²) in [7, 11) is 0. The summed E-state index contributed by atoms with van der Waals surface area (Å²) in [5, 5.41) is 17.0. The molecule has 2 nitrogen and oxygen atoms in total. The van der Waals surface area contributed by atoms with Crippen molar-refractivity contribution in [2.24, 2.45) is 0 Å². The summed E-state index contributed by atoms with van der Waals surface area (Å²) < 4.78 is 0. The van der Waals surface area contributed by atoms with Gasteiger partial charge in [0.05, 0.1) is 0 Å². The van der Waals surface area contributed by atoms with Gasteiger partial charge in [0, 0.05) is 18.2 Å². The van der Waals surface area contributed by atoms with Crippen molar-refractivity contribution >= 4 is 11.3 Å². The van der Waals surface area contributed by atoms with Gasteiger partial charge in [-0.1, -0.05) is 6.92 Å². The molecular formula is C13H23NOS. The van der Waals surface area contributed by atoms with E-state index < -0.39 is 0 Å². The molecule has 0 aliphatic heterocycles. The standard InChI is InChI=1S/C13H23NOS/c1-4-13(3,6-7-15)14-11(2)9-12-5-8-16-10-12/h5,8,10-11,14-15H,4,6-7,9H2,1-3H3. The lowest BCUT2D eigenvalue weighted by atomic mass is 9.93. The molecule has 1 heterocycles. The van der Waals surface area contributed by atoms with Gasteiger partial charge in [0.25, 0.3) is 0 Å². The summed E-state index contributed by atoms with van der Waals surface area (Å²) in [6, 6.07) is 2.63. The minimum Gasteiger partial charge on any atom is -0.396 e. The topological polar surface area (TPSA) is 32.3 Å². The molecule has 0 amide bonds. The van der Waals surface area contributed by atoms with E-state index in [4.69, 9.17) is 5.11 Å². The van der Waals surface area contributed by atoms with E-state index in [1.807, 2.05) is 0 Å². The van der Waals surface area contributed by atoms with E-state index in [0.29, 0.717) is 6.04 Å². The van der Waals surface area contributed by atoms with Crippen LogP contribution in [0.1, 0.15) is 39.2 Å². The first-order valence-corrected chi connectivity index (χ1v) is 6.93. The molecular weight excluding hydrogens is 218 g/mol. The predicted octanol–water partition coefficient (Wildman–Crippen LogP) is 2.82. The van der Waals surface area contributed by atoms with Crippen LogP contribution < -0.4 is 5.32 Å². The molecule has 0 aliphatic carbocycles. The average Bonchev–Trinajstić information content (AvgIpc) is 2.70. The lowest BCUT2D eigenvalue weighted by Crippen LogP contribution is -2.48. The van der Waals surface area contributed by atoms with Gasteiger partial charge in [-0.3, -0.25) is 0 Å². The zero-order valence-electron chi connectivity index (χ0n) is 10.5. The van der Waals surface area contributed by atoms with Crippen molar-refractivity contribution < 1.29 is 5.11 Å². The second-order valence-corrected chi connectivity index (χ2v) is 5.55. The van der Waals surface area contributed by atoms with Crippen molar-refractivity contribution in [1.82, 2.24) is 5.32 Å². The smallest absolute Gasteiger partial charge is 0.0448 e. The van der Waals surface area contributed by atoms with Crippen molar-refractivity contribution in [3.05, 3.63) is 22.4 Å². The maximum atomic E-state index is 9.06. The van der Waals surface area contributed by atoms with E-state index >= 15 is 0 Å². The Kier molecular flexibility index (Phi) is 5.46. The fourth-order valence-electron chi connectivity index (χ4n) is 2.01. The van der Waals surface area contributed by atoms with Crippen molar-refractivity contribution in [2.75, 3.05) is 6.61 Å². The third kappa shape index (κ3) is 4.24. The minimum absolute atomic E-state index is 0.0597. The molecule has 2 atom stereocenters. The Morgan fingerprint density at radius 3 is 2.81 bits per heavy atom. The molecule has 92 valence electrons. The van der Waals surface area contributed by atoms with Crippen LogP contribution in [0.2, 0.25) is 0 Å². The Labute approximate surface area is 103 Å². The van der Waals surface area contributed by atoms with Crippen molar-refractivity contribution in [2.45, 2.75) is 51.6 Å². The van der Waals surface area contributed by atoms with Crippen LogP contribution in [0.3, 0.4) is 0 Å². The van der Waals surface area contributed by atoms with Crippen LogP contribution in [0.25, 0.3) is 0 Å². The number of hydrogen-bond donors (Lipinski definition) is 2. The van der Waals surface area contributed by atoms with Gasteiger partial charge < -0.3 is 10.4 Å². The van der Waals surface area contributed by atoms with E-state index in [9.17, 15) is 0 Å². The fraction of sp³-hybridized carbons (Fsp3) is 0.692. The minimum atomic E-state index is 0.0597. The molecule has 16 heavy (non-hydrogen) atoms. The highest BCUT2D eigenvalue weighted by atomic mass is 32.1. The molecule has 0 saturated carbocycles. The third-order valence-electron chi connectivity index (χ3n) is 3.16. The Balaban J connectivity index is 2.45. The molecule has 1 aromatic heterocycles. The number of nitrogens with one attached hydrogen (secondary N) is 1. The largest absolute Gasteiger partial charge is 0.396 e. The first-order chi connectivity index (χ1) is 7.59. The predicted molar refractivity (Wildman–Crippen MR) is 71.0 cm³/mol.